The van der Waals surface area contributed by atoms with E-state index in [2.05, 4.69) is 0 Å². The Balaban J connectivity index is 2.88. The molecule has 0 radical (unpaired) electrons. The van der Waals surface area contributed by atoms with Crippen molar-refractivity contribution < 1.29 is 27.7 Å². The predicted molar refractivity (Wildman–Crippen MR) is 83.2 cm³/mol. The van der Waals surface area contributed by atoms with Gasteiger partial charge in [0.1, 0.15) is 0 Å². The van der Waals surface area contributed by atoms with Crippen LogP contribution >= 0.6 is 7.82 Å². The molecule has 0 aliphatic rings. The summed E-state index contributed by atoms with van der Waals surface area (Å²) in [6.07, 6.45) is 1.61. The molecule has 22 heavy (non-hydrogen) atoms. The van der Waals surface area contributed by atoms with E-state index < -0.39 is 13.8 Å². The van der Waals surface area contributed by atoms with Gasteiger partial charge in [0, 0.05) is 0 Å². The minimum atomic E-state index is -3.68. The summed E-state index contributed by atoms with van der Waals surface area (Å²) in [4.78, 5) is 11.8. The second-order valence-electron chi connectivity index (χ2n) is 4.13. The van der Waals surface area contributed by atoms with Crippen molar-refractivity contribution in [2.75, 3.05) is 26.9 Å². The van der Waals surface area contributed by atoms with Crippen LogP contribution in [0.1, 0.15) is 19.4 Å². The molecule has 1 aromatic carbocycles. The standard InChI is InChI=1S/C15H21O6P/c1-4-19-22(17,20-5-2)21-12-14(15(16)18-3)11-13-9-7-6-8-10-13/h6-11H,4-5,12H2,1-3H3/b14-11+. The highest BCUT2D eigenvalue weighted by atomic mass is 31.2. The van der Waals surface area contributed by atoms with E-state index >= 15 is 0 Å². The van der Waals surface area contributed by atoms with Crippen molar-refractivity contribution in [3.8, 4) is 0 Å². The summed E-state index contributed by atoms with van der Waals surface area (Å²) in [6.45, 7) is 3.46. The summed E-state index contributed by atoms with van der Waals surface area (Å²) in [5, 5.41) is 0. The number of methoxy groups -OCH3 is 1. The Morgan fingerprint density at radius 2 is 1.68 bits per heavy atom. The third-order valence-electron chi connectivity index (χ3n) is 2.54. The normalized spacial score (nSPS) is 12.2. The third-order valence-corrected chi connectivity index (χ3v) is 4.13. The highest BCUT2D eigenvalue weighted by Gasteiger charge is 2.27. The van der Waals surface area contributed by atoms with Gasteiger partial charge < -0.3 is 4.74 Å². The second kappa shape index (κ2) is 9.54. The second-order valence-corrected chi connectivity index (χ2v) is 5.80. The Labute approximate surface area is 130 Å². The van der Waals surface area contributed by atoms with E-state index in [1.807, 2.05) is 30.3 Å². The van der Waals surface area contributed by atoms with E-state index in [1.54, 1.807) is 19.9 Å². The van der Waals surface area contributed by atoms with Gasteiger partial charge in [-0.25, -0.2) is 9.36 Å². The van der Waals surface area contributed by atoms with Crippen LogP contribution in [0.2, 0.25) is 0 Å². The molecule has 0 bridgehead atoms. The Hall–Kier alpha value is -1.46. The van der Waals surface area contributed by atoms with Gasteiger partial charge >= 0.3 is 13.8 Å². The zero-order chi connectivity index (χ0) is 16.4. The average Bonchev–Trinajstić information content (AvgIpc) is 2.52. The van der Waals surface area contributed by atoms with E-state index in [-0.39, 0.29) is 25.4 Å². The number of esters is 1. The van der Waals surface area contributed by atoms with E-state index in [1.165, 1.54) is 7.11 Å². The van der Waals surface area contributed by atoms with Gasteiger partial charge in [0.15, 0.2) is 0 Å². The van der Waals surface area contributed by atoms with E-state index in [4.69, 9.17) is 18.3 Å². The number of carbonyl (C=O) groups excluding carboxylic acids is 1. The Kier molecular flexibility index (Phi) is 8.06. The molecule has 0 spiro atoms. The maximum atomic E-state index is 12.2. The molecule has 0 saturated carbocycles. The van der Waals surface area contributed by atoms with E-state index in [9.17, 15) is 9.36 Å². The summed E-state index contributed by atoms with van der Waals surface area (Å²) in [5.41, 5.74) is 1.02. The third kappa shape index (κ3) is 6.12. The van der Waals surface area contributed by atoms with Gasteiger partial charge in [-0.15, -0.1) is 0 Å². The van der Waals surface area contributed by atoms with Crippen molar-refractivity contribution in [2.24, 2.45) is 0 Å². The zero-order valence-electron chi connectivity index (χ0n) is 13.0. The van der Waals surface area contributed by atoms with Gasteiger partial charge in [-0.05, 0) is 25.5 Å². The monoisotopic (exact) mass is 328 g/mol. The minimum Gasteiger partial charge on any atom is -0.466 e. The molecule has 0 aliphatic carbocycles. The summed E-state index contributed by atoms with van der Waals surface area (Å²) in [6, 6.07) is 9.20. The van der Waals surface area contributed by atoms with Gasteiger partial charge in [-0.2, -0.15) is 0 Å². The van der Waals surface area contributed by atoms with Crippen LogP contribution in [-0.2, 0) is 27.7 Å². The first-order valence-corrected chi connectivity index (χ1v) is 8.38. The van der Waals surface area contributed by atoms with Crippen LogP contribution in [0.25, 0.3) is 6.08 Å². The first kappa shape index (κ1) is 18.6. The number of ether oxygens (including phenoxy) is 1. The van der Waals surface area contributed by atoms with Crippen LogP contribution in [0.4, 0.5) is 0 Å². The zero-order valence-corrected chi connectivity index (χ0v) is 13.9. The largest absolute Gasteiger partial charge is 0.475 e. The van der Waals surface area contributed by atoms with Crippen molar-refractivity contribution in [1.29, 1.82) is 0 Å². The molecule has 1 rings (SSSR count). The SMILES string of the molecule is CCOP(=O)(OCC)OC/C(=C\c1ccccc1)C(=O)OC. The predicted octanol–water partition coefficient (Wildman–Crippen LogP) is 3.44. The highest BCUT2D eigenvalue weighted by molar-refractivity contribution is 7.48. The van der Waals surface area contributed by atoms with Crippen molar-refractivity contribution in [3.05, 3.63) is 41.5 Å². The number of hydrogen-bond acceptors (Lipinski definition) is 6. The maximum absolute atomic E-state index is 12.2. The molecule has 0 heterocycles. The molecule has 0 fully saturated rings. The Bertz CT molecular complexity index is 530. The first-order valence-electron chi connectivity index (χ1n) is 6.92. The van der Waals surface area contributed by atoms with E-state index in [0.717, 1.165) is 5.56 Å². The lowest BCUT2D eigenvalue weighted by atomic mass is 10.1. The van der Waals surface area contributed by atoms with Crippen LogP contribution in [0.15, 0.2) is 35.9 Å². The molecule has 0 aromatic heterocycles. The molecule has 0 amide bonds. The molecule has 0 saturated heterocycles. The number of hydrogen-bond donors (Lipinski definition) is 0. The number of phosphoric ester groups is 1. The van der Waals surface area contributed by atoms with Crippen molar-refractivity contribution in [2.45, 2.75) is 13.8 Å². The van der Waals surface area contributed by atoms with Gasteiger partial charge in [-0.1, -0.05) is 30.3 Å². The fourth-order valence-electron chi connectivity index (χ4n) is 1.62. The van der Waals surface area contributed by atoms with Crippen molar-refractivity contribution in [3.63, 3.8) is 0 Å². The van der Waals surface area contributed by atoms with Crippen molar-refractivity contribution >= 4 is 19.9 Å². The maximum Gasteiger partial charge on any atom is 0.475 e. The fourth-order valence-corrected chi connectivity index (χ4v) is 2.77. The Morgan fingerprint density at radius 3 is 2.18 bits per heavy atom. The van der Waals surface area contributed by atoms with Crippen LogP contribution < -0.4 is 0 Å². The molecular weight excluding hydrogens is 307 g/mol. The Morgan fingerprint density at radius 1 is 1.09 bits per heavy atom. The summed E-state index contributed by atoms with van der Waals surface area (Å²) < 4.78 is 32.2. The lowest BCUT2D eigenvalue weighted by molar-refractivity contribution is -0.136. The quantitative estimate of drug-likeness (QED) is 0.393. The number of rotatable bonds is 9. The minimum absolute atomic E-state index is 0.174. The molecule has 7 heteroatoms. The molecule has 0 N–H and O–H groups in total. The lowest BCUT2D eigenvalue weighted by Crippen LogP contribution is -2.11. The van der Waals surface area contributed by atoms with Crippen molar-refractivity contribution in [1.82, 2.24) is 0 Å². The summed E-state index contributed by atoms with van der Waals surface area (Å²) >= 11 is 0. The molecule has 0 atom stereocenters. The molecular formula is C15H21O6P. The first-order chi connectivity index (χ1) is 10.5. The smallest absolute Gasteiger partial charge is 0.466 e. The molecule has 122 valence electrons. The summed E-state index contributed by atoms with van der Waals surface area (Å²) in [5.74, 6) is -0.566. The van der Waals surface area contributed by atoms with Gasteiger partial charge in [0.25, 0.3) is 0 Å². The number of benzene rings is 1. The summed E-state index contributed by atoms with van der Waals surface area (Å²) in [7, 11) is -2.41. The average molecular weight is 328 g/mol. The number of phosphoric acid groups is 1. The van der Waals surface area contributed by atoms with E-state index in [0.29, 0.717) is 0 Å². The van der Waals surface area contributed by atoms with Gasteiger partial charge in [0.05, 0.1) is 32.5 Å². The highest BCUT2D eigenvalue weighted by Crippen LogP contribution is 2.49. The molecule has 1 aromatic rings. The lowest BCUT2D eigenvalue weighted by Gasteiger charge is -2.16. The van der Waals surface area contributed by atoms with Crippen LogP contribution in [0.5, 0.6) is 0 Å². The molecule has 0 unspecified atom stereocenters. The fraction of sp³-hybridized carbons (Fsp3) is 0.400. The molecule has 0 aliphatic heterocycles. The van der Waals surface area contributed by atoms with Crippen LogP contribution in [0.3, 0.4) is 0 Å². The number of carbonyl (C=O) groups is 1. The molecule has 6 nitrogen and oxygen atoms in total. The van der Waals surface area contributed by atoms with Crippen LogP contribution in [-0.4, -0.2) is 32.9 Å². The van der Waals surface area contributed by atoms with Gasteiger partial charge in [0.2, 0.25) is 0 Å². The van der Waals surface area contributed by atoms with Crippen LogP contribution in [0, 0.1) is 0 Å². The topological polar surface area (TPSA) is 71.1 Å². The van der Waals surface area contributed by atoms with Gasteiger partial charge in [-0.3, -0.25) is 13.6 Å².